The van der Waals surface area contributed by atoms with Gasteiger partial charge in [-0.25, -0.2) is 0 Å². The Balaban J connectivity index is 0.000000430. The lowest BCUT2D eigenvalue weighted by Crippen LogP contribution is -2.23. The van der Waals surface area contributed by atoms with Gasteiger partial charge in [0.25, 0.3) is 5.69 Å². The Bertz CT molecular complexity index is 598. The predicted octanol–water partition coefficient (Wildman–Crippen LogP) is 4.71. The molecule has 0 radical (unpaired) electrons. The van der Waals surface area contributed by atoms with Crippen molar-refractivity contribution in [2.45, 2.75) is 34.1 Å². The maximum atomic E-state index is 10.1. The third kappa shape index (κ3) is 8.60. The van der Waals surface area contributed by atoms with Crippen molar-refractivity contribution in [2.24, 2.45) is 0 Å². The molecule has 0 aliphatic rings. The zero-order valence-corrected chi connectivity index (χ0v) is 15.6. The van der Waals surface area contributed by atoms with Crippen molar-refractivity contribution in [3.63, 3.8) is 0 Å². The number of non-ortho nitro benzene ring substituents is 1. The van der Waals surface area contributed by atoms with Crippen molar-refractivity contribution in [1.82, 2.24) is 0 Å². The predicted molar refractivity (Wildman–Crippen MR) is 108 cm³/mol. The summed E-state index contributed by atoms with van der Waals surface area (Å²) in [7, 11) is 0. The van der Waals surface area contributed by atoms with Crippen LogP contribution >= 0.6 is 0 Å². The molecule has 2 rings (SSSR count). The summed E-state index contributed by atoms with van der Waals surface area (Å²) in [5.74, 6) is 0. The Labute approximate surface area is 150 Å². The Morgan fingerprint density at radius 2 is 1.36 bits per heavy atom. The Morgan fingerprint density at radius 1 is 0.920 bits per heavy atom. The number of rotatable bonds is 5. The van der Waals surface area contributed by atoms with Crippen LogP contribution in [0.5, 0.6) is 0 Å². The molecule has 0 aliphatic heterocycles. The van der Waals surface area contributed by atoms with Gasteiger partial charge in [0, 0.05) is 42.3 Å². The van der Waals surface area contributed by atoms with Crippen molar-refractivity contribution >= 4 is 22.7 Å². The van der Waals surface area contributed by atoms with Crippen LogP contribution < -0.4 is 16.4 Å². The van der Waals surface area contributed by atoms with Gasteiger partial charge >= 0.3 is 0 Å². The molecule has 0 unspecified atom stereocenters. The SMILES string of the molecule is CC.CCCN(CC)c1ccc(N)cc1.Nc1ccc([N+](=O)[O-])cc1. The van der Waals surface area contributed by atoms with Crippen molar-refractivity contribution in [3.05, 3.63) is 58.6 Å². The summed E-state index contributed by atoms with van der Waals surface area (Å²) in [6, 6.07) is 13.8. The highest BCUT2D eigenvalue weighted by molar-refractivity contribution is 5.52. The Kier molecular flexibility index (Phi) is 11.2. The third-order valence-electron chi connectivity index (χ3n) is 3.24. The average molecular weight is 346 g/mol. The average Bonchev–Trinajstić information content (AvgIpc) is 2.63. The van der Waals surface area contributed by atoms with Crippen LogP contribution in [0.2, 0.25) is 0 Å². The second-order valence-corrected chi connectivity index (χ2v) is 5.02. The highest BCUT2D eigenvalue weighted by Gasteiger charge is 2.01. The summed E-state index contributed by atoms with van der Waals surface area (Å²) in [6.07, 6.45) is 1.18. The van der Waals surface area contributed by atoms with Gasteiger partial charge in [0.05, 0.1) is 4.92 Å². The van der Waals surface area contributed by atoms with Crippen molar-refractivity contribution in [1.29, 1.82) is 0 Å². The lowest BCUT2D eigenvalue weighted by atomic mass is 10.2. The minimum absolute atomic E-state index is 0.0641. The first-order valence-electron chi connectivity index (χ1n) is 8.58. The molecule has 0 saturated heterocycles. The molecule has 6 heteroatoms. The summed E-state index contributed by atoms with van der Waals surface area (Å²) >= 11 is 0. The van der Waals surface area contributed by atoms with E-state index in [1.807, 2.05) is 26.0 Å². The zero-order valence-electron chi connectivity index (χ0n) is 15.6. The molecule has 0 bridgehead atoms. The van der Waals surface area contributed by atoms with Gasteiger partial charge in [-0.1, -0.05) is 20.8 Å². The quantitative estimate of drug-likeness (QED) is 0.464. The molecule has 0 saturated carbocycles. The second kappa shape index (κ2) is 12.6. The number of nitro groups is 1. The summed E-state index contributed by atoms with van der Waals surface area (Å²) in [4.78, 5) is 12.0. The van der Waals surface area contributed by atoms with Gasteiger partial charge in [0.1, 0.15) is 0 Å². The standard InChI is InChI=1S/C11H18N2.C6H6N2O2.C2H6/c1-3-9-13(4-2)11-7-5-10(12)6-8-11;7-5-1-3-6(4-2-5)8(9)10;1-2/h5-8H,3-4,9,12H2,1-2H3;1-4H,7H2;1-2H3. The largest absolute Gasteiger partial charge is 0.399 e. The van der Waals surface area contributed by atoms with Crippen LogP contribution in [0.4, 0.5) is 22.7 Å². The van der Waals surface area contributed by atoms with E-state index in [0.29, 0.717) is 5.69 Å². The summed E-state index contributed by atoms with van der Waals surface area (Å²) in [5, 5.41) is 10.1. The van der Waals surface area contributed by atoms with E-state index < -0.39 is 4.92 Å². The molecule has 4 N–H and O–H groups in total. The fraction of sp³-hybridized carbons (Fsp3) is 0.368. The number of hydrogen-bond acceptors (Lipinski definition) is 5. The molecular formula is C19H30N4O2. The fourth-order valence-electron chi connectivity index (χ4n) is 2.02. The first-order valence-corrected chi connectivity index (χ1v) is 8.58. The Hall–Kier alpha value is -2.76. The van der Waals surface area contributed by atoms with Crippen LogP contribution in [0.3, 0.4) is 0 Å². The maximum Gasteiger partial charge on any atom is 0.269 e. The van der Waals surface area contributed by atoms with Crippen LogP contribution in [0, 0.1) is 10.1 Å². The third-order valence-corrected chi connectivity index (χ3v) is 3.24. The van der Waals surface area contributed by atoms with Gasteiger partial charge in [-0.05, 0) is 49.7 Å². The van der Waals surface area contributed by atoms with E-state index in [9.17, 15) is 10.1 Å². The molecule has 2 aromatic carbocycles. The smallest absolute Gasteiger partial charge is 0.269 e. The number of benzene rings is 2. The normalized spacial score (nSPS) is 9.12. The molecule has 0 amide bonds. The van der Waals surface area contributed by atoms with Gasteiger partial charge < -0.3 is 16.4 Å². The zero-order chi connectivity index (χ0) is 19.2. The molecule has 0 aliphatic carbocycles. The van der Waals surface area contributed by atoms with Crippen LogP contribution in [-0.2, 0) is 0 Å². The van der Waals surface area contributed by atoms with Crippen LogP contribution in [0.15, 0.2) is 48.5 Å². The molecule has 0 heterocycles. The number of hydrogen-bond donors (Lipinski definition) is 2. The van der Waals surface area contributed by atoms with Crippen LogP contribution in [-0.4, -0.2) is 18.0 Å². The van der Waals surface area contributed by atoms with E-state index in [4.69, 9.17) is 11.5 Å². The minimum Gasteiger partial charge on any atom is -0.399 e. The lowest BCUT2D eigenvalue weighted by molar-refractivity contribution is -0.384. The highest BCUT2D eigenvalue weighted by Crippen LogP contribution is 2.16. The van der Waals surface area contributed by atoms with E-state index in [1.54, 1.807) is 0 Å². The van der Waals surface area contributed by atoms with E-state index in [2.05, 4.69) is 30.9 Å². The van der Waals surface area contributed by atoms with Crippen molar-refractivity contribution < 1.29 is 4.92 Å². The van der Waals surface area contributed by atoms with E-state index in [1.165, 1.54) is 36.4 Å². The molecule has 6 nitrogen and oxygen atoms in total. The summed E-state index contributed by atoms with van der Waals surface area (Å²) in [6.45, 7) is 10.5. The van der Waals surface area contributed by atoms with Crippen LogP contribution in [0.25, 0.3) is 0 Å². The first-order chi connectivity index (χ1) is 12.0. The molecule has 0 aromatic heterocycles. The number of nitrogen functional groups attached to an aromatic ring is 2. The first kappa shape index (κ1) is 22.2. The second-order valence-electron chi connectivity index (χ2n) is 5.02. The van der Waals surface area contributed by atoms with Crippen molar-refractivity contribution in [2.75, 3.05) is 29.5 Å². The summed E-state index contributed by atoms with van der Waals surface area (Å²) in [5.41, 5.74) is 13.6. The fourth-order valence-corrected chi connectivity index (χ4v) is 2.02. The number of anilines is 3. The number of nitrogens with two attached hydrogens (primary N) is 2. The minimum atomic E-state index is -0.459. The van der Waals surface area contributed by atoms with E-state index >= 15 is 0 Å². The number of nitrogens with zero attached hydrogens (tertiary/aromatic N) is 2. The van der Waals surface area contributed by atoms with Gasteiger partial charge in [0.2, 0.25) is 0 Å². The lowest BCUT2D eigenvalue weighted by Gasteiger charge is -2.22. The molecule has 138 valence electrons. The van der Waals surface area contributed by atoms with E-state index in [0.717, 1.165) is 18.8 Å². The molecule has 0 fully saturated rings. The Morgan fingerprint density at radius 3 is 1.72 bits per heavy atom. The van der Waals surface area contributed by atoms with Crippen molar-refractivity contribution in [3.8, 4) is 0 Å². The molecule has 0 spiro atoms. The molecule has 2 aromatic rings. The van der Waals surface area contributed by atoms with E-state index in [-0.39, 0.29) is 5.69 Å². The molecular weight excluding hydrogens is 316 g/mol. The maximum absolute atomic E-state index is 10.1. The monoisotopic (exact) mass is 346 g/mol. The molecule has 25 heavy (non-hydrogen) atoms. The molecule has 0 atom stereocenters. The van der Waals surface area contributed by atoms with Gasteiger partial charge in [-0.2, -0.15) is 0 Å². The van der Waals surface area contributed by atoms with Gasteiger partial charge in [-0.15, -0.1) is 0 Å². The number of nitro benzene ring substituents is 1. The van der Waals surface area contributed by atoms with Gasteiger partial charge in [0.15, 0.2) is 0 Å². The topological polar surface area (TPSA) is 98.4 Å². The van der Waals surface area contributed by atoms with Crippen LogP contribution in [0.1, 0.15) is 34.1 Å². The highest BCUT2D eigenvalue weighted by atomic mass is 16.6. The summed E-state index contributed by atoms with van der Waals surface area (Å²) < 4.78 is 0. The van der Waals surface area contributed by atoms with Gasteiger partial charge in [-0.3, -0.25) is 10.1 Å².